The van der Waals surface area contributed by atoms with Crippen LogP contribution in [-0.2, 0) is 4.79 Å². The Bertz CT molecular complexity index is 900. The minimum absolute atomic E-state index is 0.155. The lowest BCUT2D eigenvalue weighted by molar-refractivity contribution is -0.384. The van der Waals surface area contributed by atoms with E-state index in [9.17, 15) is 14.9 Å². The van der Waals surface area contributed by atoms with Crippen molar-refractivity contribution in [2.75, 3.05) is 43.5 Å². The van der Waals surface area contributed by atoms with Gasteiger partial charge < -0.3 is 15.0 Å². The fraction of sp³-hybridized carbons (Fsp3) is 0.350. The number of hydrogen-bond acceptors (Lipinski definition) is 6. The maximum atomic E-state index is 12.7. The van der Waals surface area contributed by atoms with Gasteiger partial charge in [0.1, 0.15) is 11.4 Å². The summed E-state index contributed by atoms with van der Waals surface area (Å²) in [4.78, 5) is 27.7. The van der Waals surface area contributed by atoms with E-state index < -0.39 is 11.0 Å². The lowest BCUT2D eigenvalue weighted by Gasteiger charge is -2.38. The molecule has 0 spiro atoms. The average Bonchev–Trinajstić information content (AvgIpc) is 2.73. The van der Waals surface area contributed by atoms with Crippen LogP contribution >= 0.6 is 11.6 Å². The molecule has 0 saturated carbocycles. The number of piperazine rings is 1. The van der Waals surface area contributed by atoms with E-state index >= 15 is 0 Å². The van der Waals surface area contributed by atoms with E-state index in [0.717, 1.165) is 18.8 Å². The lowest BCUT2D eigenvalue weighted by Crippen LogP contribution is -2.52. The Labute approximate surface area is 174 Å². The summed E-state index contributed by atoms with van der Waals surface area (Å²) < 4.78 is 5.02. The van der Waals surface area contributed by atoms with Gasteiger partial charge in [-0.25, -0.2) is 0 Å². The first-order chi connectivity index (χ1) is 13.9. The summed E-state index contributed by atoms with van der Waals surface area (Å²) in [5, 5.41) is 14.7. The van der Waals surface area contributed by atoms with E-state index in [2.05, 4.69) is 15.1 Å². The Balaban J connectivity index is 1.63. The van der Waals surface area contributed by atoms with Crippen LogP contribution in [0.1, 0.15) is 6.92 Å². The second-order valence-electron chi connectivity index (χ2n) is 6.78. The zero-order chi connectivity index (χ0) is 21.0. The summed E-state index contributed by atoms with van der Waals surface area (Å²) in [7, 11) is 1.43. The zero-order valence-corrected chi connectivity index (χ0v) is 17.1. The standard InChI is InChI=1S/C20H23ClN4O4/c1-14(20(26)22-17-8-7-15(29-2)13-19(17)25(27)28)23-9-11-24(12-10-23)18-6-4-3-5-16(18)21/h3-8,13-14H,9-12H2,1-2H3,(H,22,26)/t14-/m0/s1. The number of nitrogens with one attached hydrogen (secondary N) is 1. The normalized spacial score (nSPS) is 15.6. The molecule has 0 aromatic heterocycles. The summed E-state index contributed by atoms with van der Waals surface area (Å²) in [5.74, 6) is 0.0721. The van der Waals surface area contributed by atoms with Crippen molar-refractivity contribution in [2.24, 2.45) is 0 Å². The molecule has 0 unspecified atom stereocenters. The number of nitro groups is 1. The van der Waals surface area contributed by atoms with Gasteiger partial charge in [0.05, 0.1) is 34.9 Å². The van der Waals surface area contributed by atoms with Crippen molar-refractivity contribution in [3.63, 3.8) is 0 Å². The molecule has 1 fully saturated rings. The van der Waals surface area contributed by atoms with Crippen LogP contribution in [0.2, 0.25) is 5.02 Å². The number of rotatable bonds is 6. The molecule has 9 heteroatoms. The van der Waals surface area contributed by atoms with Crippen molar-refractivity contribution in [3.8, 4) is 5.75 Å². The number of nitro benzene ring substituents is 1. The monoisotopic (exact) mass is 418 g/mol. The predicted molar refractivity (Wildman–Crippen MR) is 113 cm³/mol. The molecule has 0 aliphatic carbocycles. The van der Waals surface area contributed by atoms with Crippen LogP contribution in [0.25, 0.3) is 0 Å². The van der Waals surface area contributed by atoms with Crippen molar-refractivity contribution in [1.82, 2.24) is 4.90 Å². The van der Waals surface area contributed by atoms with Crippen LogP contribution < -0.4 is 15.0 Å². The maximum absolute atomic E-state index is 12.7. The summed E-state index contributed by atoms with van der Waals surface area (Å²) >= 11 is 6.28. The molecule has 1 N–H and O–H groups in total. The molecule has 2 aromatic rings. The fourth-order valence-electron chi connectivity index (χ4n) is 3.36. The SMILES string of the molecule is COc1ccc(NC(=O)[C@H](C)N2CCN(c3ccccc3Cl)CC2)c([N+](=O)[O-])c1. The number of carbonyl (C=O) groups excluding carboxylic acids is 1. The number of hydrogen-bond donors (Lipinski definition) is 1. The summed E-state index contributed by atoms with van der Waals surface area (Å²) in [6, 6.07) is 11.6. The highest BCUT2D eigenvalue weighted by Gasteiger charge is 2.27. The molecular weight excluding hydrogens is 396 g/mol. The first-order valence-electron chi connectivity index (χ1n) is 9.27. The van der Waals surface area contributed by atoms with Crippen molar-refractivity contribution < 1.29 is 14.5 Å². The van der Waals surface area contributed by atoms with Crippen molar-refractivity contribution in [1.29, 1.82) is 0 Å². The number of carbonyl (C=O) groups is 1. The predicted octanol–water partition coefficient (Wildman–Crippen LogP) is 3.41. The van der Waals surface area contributed by atoms with Gasteiger partial charge in [0, 0.05) is 26.2 Å². The Morgan fingerprint density at radius 1 is 1.21 bits per heavy atom. The van der Waals surface area contributed by atoms with Crippen LogP contribution in [0.5, 0.6) is 5.75 Å². The van der Waals surface area contributed by atoms with E-state index in [0.29, 0.717) is 23.9 Å². The molecule has 1 amide bonds. The summed E-state index contributed by atoms with van der Waals surface area (Å²) in [6.07, 6.45) is 0. The largest absolute Gasteiger partial charge is 0.496 e. The molecule has 8 nitrogen and oxygen atoms in total. The van der Waals surface area contributed by atoms with E-state index in [4.69, 9.17) is 16.3 Å². The first-order valence-corrected chi connectivity index (χ1v) is 9.65. The molecule has 1 heterocycles. The van der Waals surface area contributed by atoms with Gasteiger partial charge in [0.25, 0.3) is 5.69 Å². The van der Waals surface area contributed by atoms with Crippen LogP contribution in [0.15, 0.2) is 42.5 Å². The van der Waals surface area contributed by atoms with Gasteiger partial charge in [0.15, 0.2) is 0 Å². The Kier molecular flexibility index (Phi) is 6.56. The Morgan fingerprint density at radius 3 is 2.52 bits per heavy atom. The third kappa shape index (κ3) is 4.78. The molecule has 1 aliphatic rings. The van der Waals surface area contributed by atoms with Crippen LogP contribution in [0.4, 0.5) is 17.1 Å². The molecule has 29 heavy (non-hydrogen) atoms. The van der Waals surface area contributed by atoms with Crippen LogP contribution in [-0.4, -0.2) is 55.1 Å². The molecule has 2 aromatic carbocycles. The molecule has 154 valence electrons. The number of halogens is 1. The zero-order valence-electron chi connectivity index (χ0n) is 16.3. The third-order valence-electron chi connectivity index (χ3n) is 5.09. The summed E-state index contributed by atoms with van der Waals surface area (Å²) in [5.41, 5.74) is 0.940. The van der Waals surface area contributed by atoms with E-state index in [1.54, 1.807) is 13.0 Å². The van der Waals surface area contributed by atoms with Crippen molar-refractivity contribution in [2.45, 2.75) is 13.0 Å². The van der Waals surface area contributed by atoms with Gasteiger partial charge in [-0.1, -0.05) is 23.7 Å². The van der Waals surface area contributed by atoms with Gasteiger partial charge in [0.2, 0.25) is 5.91 Å². The van der Waals surface area contributed by atoms with Gasteiger partial charge in [-0.3, -0.25) is 19.8 Å². The van der Waals surface area contributed by atoms with Gasteiger partial charge in [-0.15, -0.1) is 0 Å². The molecule has 1 atom stereocenters. The highest BCUT2D eigenvalue weighted by atomic mass is 35.5. The minimum Gasteiger partial charge on any atom is -0.496 e. The number of para-hydroxylation sites is 1. The fourth-order valence-corrected chi connectivity index (χ4v) is 3.61. The van der Waals surface area contributed by atoms with E-state index in [1.807, 2.05) is 24.3 Å². The average molecular weight is 419 g/mol. The van der Waals surface area contributed by atoms with E-state index in [1.165, 1.54) is 19.2 Å². The third-order valence-corrected chi connectivity index (χ3v) is 5.41. The molecule has 0 radical (unpaired) electrons. The molecule has 3 rings (SSSR count). The summed E-state index contributed by atoms with van der Waals surface area (Å²) in [6.45, 7) is 4.65. The second-order valence-corrected chi connectivity index (χ2v) is 7.19. The van der Waals surface area contributed by atoms with Crippen molar-refractivity contribution in [3.05, 3.63) is 57.6 Å². The van der Waals surface area contributed by atoms with Crippen LogP contribution in [0, 0.1) is 10.1 Å². The van der Waals surface area contributed by atoms with Gasteiger partial charge >= 0.3 is 0 Å². The quantitative estimate of drug-likeness (QED) is 0.571. The highest BCUT2D eigenvalue weighted by molar-refractivity contribution is 6.33. The number of benzene rings is 2. The molecule has 1 aliphatic heterocycles. The lowest BCUT2D eigenvalue weighted by atomic mass is 10.2. The van der Waals surface area contributed by atoms with Gasteiger partial charge in [-0.2, -0.15) is 0 Å². The number of ether oxygens (including phenoxy) is 1. The maximum Gasteiger partial charge on any atom is 0.296 e. The number of nitrogens with zero attached hydrogens (tertiary/aromatic N) is 3. The first kappa shape index (κ1) is 20.9. The van der Waals surface area contributed by atoms with Crippen molar-refractivity contribution >= 4 is 34.6 Å². The smallest absolute Gasteiger partial charge is 0.296 e. The Hall–Kier alpha value is -2.84. The number of anilines is 2. The highest BCUT2D eigenvalue weighted by Crippen LogP contribution is 2.30. The topological polar surface area (TPSA) is 88.0 Å². The number of amides is 1. The number of methoxy groups -OCH3 is 1. The minimum atomic E-state index is -0.537. The van der Waals surface area contributed by atoms with E-state index in [-0.39, 0.29) is 17.3 Å². The Morgan fingerprint density at radius 2 is 1.90 bits per heavy atom. The van der Waals surface area contributed by atoms with Gasteiger partial charge in [-0.05, 0) is 31.2 Å². The molecule has 0 bridgehead atoms. The molecule has 1 saturated heterocycles. The second kappa shape index (κ2) is 9.11. The van der Waals surface area contributed by atoms with Crippen LogP contribution in [0.3, 0.4) is 0 Å². The molecular formula is C20H23ClN4O4.